The van der Waals surface area contributed by atoms with Gasteiger partial charge in [0.1, 0.15) is 22.9 Å². The molecule has 1 atom stereocenters. The Kier molecular flexibility index (Phi) is 9.49. The van der Waals surface area contributed by atoms with E-state index < -0.39 is 0 Å². The van der Waals surface area contributed by atoms with Crippen LogP contribution in [0.2, 0.25) is 0 Å². The minimum absolute atomic E-state index is 0.0756. The number of halogens is 1. The van der Waals surface area contributed by atoms with Crippen LogP contribution in [0.1, 0.15) is 28.9 Å². The summed E-state index contributed by atoms with van der Waals surface area (Å²) >= 11 is 0. The Hall–Kier alpha value is -4.25. The van der Waals surface area contributed by atoms with Crippen molar-refractivity contribution >= 4 is 23.4 Å². The number of hydrogen-bond acceptors (Lipinski definition) is 6. The molecule has 1 fully saturated rings. The van der Waals surface area contributed by atoms with Crippen molar-refractivity contribution in [2.45, 2.75) is 25.3 Å². The minimum Gasteiger partial charge on any atom is -0.382 e. The topological polar surface area (TPSA) is 102 Å². The molecular formula is C29H36FN7O3. The number of hydrogen-bond donors (Lipinski definition) is 2. The van der Waals surface area contributed by atoms with Gasteiger partial charge in [0.2, 0.25) is 5.91 Å². The van der Waals surface area contributed by atoms with E-state index in [9.17, 15) is 18.8 Å². The lowest BCUT2D eigenvalue weighted by Crippen LogP contribution is -2.48. The van der Waals surface area contributed by atoms with Crippen LogP contribution >= 0.6 is 0 Å². The Morgan fingerprint density at radius 1 is 1.15 bits per heavy atom. The van der Waals surface area contributed by atoms with E-state index in [2.05, 4.69) is 15.6 Å². The van der Waals surface area contributed by atoms with Crippen molar-refractivity contribution in [1.82, 2.24) is 34.7 Å². The van der Waals surface area contributed by atoms with E-state index in [-0.39, 0.29) is 41.8 Å². The van der Waals surface area contributed by atoms with Gasteiger partial charge in [0, 0.05) is 58.4 Å². The molecule has 0 bridgehead atoms. The van der Waals surface area contributed by atoms with E-state index in [4.69, 9.17) is 0 Å². The van der Waals surface area contributed by atoms with Gasteiger partial charge in [-0.2, -0.15) is 0 Å². The molecule has 1 unspecified atom stereocenters. The number of aromatic nitrogens is 2. The number of nitrogens with one attached hydrogen (secondary N) is 2. The number of likely N-dealkylation sites (tertiary alicyclic amines) is 1. The van der Waals surface area contributed by atoms with E-state index >= 15 is 0 Å². The first kappa shape index (κ1) is 28.8. The molecule has 0 radical (unpaired) electrons. The van der Waals surface area contributed by atoms with E-state index in [0.717, 1.165) is 18.4 Å². The molecule has 0 aliphatic carbocycles. The lowest BCUT2D eigenvalue weighted by molar-refractivity contribution is -0.130. The predicted octanol–water partition coefficient (Wildman–Crippen LogP) is 1.89. The summed E-state index contributed by atoms with van der Waals surface area (Å²) in [7, 11) is 5.22. The monoisotopic (exact) mass is 549 g/mol. The molecule has 4 rings (SSSR count). The molecule has 1 aromatic carbocycles. The Bertz CT molecular complexity index is 1340. The van der Waals surface area contributed by atoms with Crippen molar-refractivity contribution in [3.63, 3.8) is 0 Å². The number of carbonyl (C=O) groups excluding carboxylic acids is 3. The van der Waals surface area contributed by atoms with Crippen molar-refractivity contribution < 1.29 is 18.8 Å². The molecule has 2 aromatic heterocycles. The van der Waals surface area contributed by atoms with Gasteiger partial charge in [0.15, 0.2) is 0 Å². The largest absolute Gasteiger partial charge is 0.382 e. The number of imidazole rings is 1. The molecule has 1 aliphatic rings. The molecule has 3 heterocycles. The fraction of sp³-hybridized carbons (Fsp3) is 0.379. The average molecular weight is 550 g/mol. The smallest absolute Gasteiger partial charge is 0.274 e. The summed E-state index contributed by atoms with van der Waals surface area (Å²) in [5.74, 6) is -1.16. The fourth-order valence-electron chi connectivity index (χ4n) is 4.85. The molecule has 10 nitrogen and oxygen atoms in total. The third kappa shape index (κ3) is 7.23. The summed E-state index contributed by atoms with van der Waals surface area (Å²) in [6.07, 6.45) is 7.16. The maximum Gasteiger partial charge on any atom is 0.274 e. The molecule has 212 valence electrons. The maximum atomic E-state index is 13.8. The highest BCUT2D eigenvalue weighted by atomic mass is 19.1. The Morgan fingerprint density at radius 2 is 1.93 bits per heavy atom. The SMILES string of the molecule is CNCC(=O)N/C(=C\N(C)C)C(=O)N1CCCC1CN(CCc1ccc(F)cc1)C(=O)c1cn2ccccc2n1. The molecule has 40 heavy (non-hydrogen) atoms. The number of pyridine rings is 1. The molecule has 0 spiro atoms. The van der Waals surface area contributed by atoms with Crippen LogP contribution in [-0.2, 0) is 16.0 Å². The number of nitrogens with zero attached hydrogens (tertiary/aromatic N) is 5. The second-order valence-electron chi connectivity index (χ2n) is 10.1. The van der Waals surface area contributed by atoms with Crippen LogP contribution in [0.4, 0.5) is 4.39 Å². The van der Waals surface area contributed by atoms with Gasteiger partial charge < -0.3 is 29.7 Å². The molecule has 3 aromatic rings. The zero-order valence-electron chi connectivity index (χ0n) is 23.1. The standard InChI is InChI=1S/C29H36FN7O3/c1-31-17-27(38)33-24(19-34(2)3)29(40)37-15-6-7-23(37)18-36(16-13-21-9-11-22(30)12-10-21)28(39)25-20-35-14-5-4-8-26(35)32-25/h4-5,8-12,14,19-20,23,31H,6-7,13,15-18H2,1-3H3,(H,33,38)/b24-19-. The first-order valence-corrected chi connectivity index (χ1v) is 13.4. The van der Waals surface area contributed by atoms with Crippen molar-refractivity contribution in [3.05, 3.63) is 83.8 Å². The van der Waals surface area contributed by atoms with E-state index in [1.54, 1.807) is 64.8 Å². The zero-order valence-corrected chi connectivity index (χ0v) is 23.1. The number of likely N-dealkylation sites (N-methyl/N-ethyl adjacent to an activating group) is 1. The Morgan fingerprint density at radius 3 is 2.62 bits per heavy atom. The molecular weight excluding hydrogens is 513 g/mol. The van der Waals surface area contributed by atoms with Gasteiger partial charge in [-0.1, -0.05) is 18.2 Å². The van der Waals surface area contributed by atoms with Gasteiger partial charge in [-0.15, -0.1) is 0 Å². The molecule has 3 amide bonds. The molecule has 1 saturated heterocycles. The highest BCUT2D eigenvalue weighted by Gasteiger charge is 2.34. The molecule has 1 aliphatic heterocycles. The number of carbonyl (C=O) groups is 3. The summed E-state index contributed by atoms with van der Waals surface area (Å²) in [5.41, 5.74) is 2.06. The van der Waals surface area contributed by atoms with Crippen molar-refractivity contribution in [2.75, 3.05) is 47.3 Å². The van der Waals surface area contributed by atoms with E-state index in [0.29, 0.717) is 37.4 Å². The summed E-state index contributed by atoms with van der Waals surface area (Å²) < 4.78 is 15.2. The zero-order chi connectivity index (χ0) is 28.6. The predicted molar refractivity (Wildman–Crippen MR) is 150 cm³/mol. The molecule has 2 N–H and O–H groups in total. The van der Waals surface area contributed by atoms with Crippen LogP contribution in [0.25, 0.3) is 5.65 Å². The van der Waals surface area contributed by atoms with Crippen molar-refractivity contribution in [2.24, 2.45) is 0 Å². The maximum absolute atomic E-state index is 13.8. The van der Waals surface area contributed by atoms with Crippen LogP contribution in [-0.4, -0.2) is 95.2 Å². The van der Waals surface area contributed by atoms with Crippen molar-refractivity contribution in [3.8, 4) is 0 Å². The fourth-order valence-corrected chi connectivity index (χ4v) is 4.85. The number of benzene rings is 1. The summed E-state index contributed by atoms with van der Waals surface area (Å²) in [6, 6.07) is 11.5. The van der Waals surface area contributed by atoms with Crippen LogP contribution in [0.3, 0.4) is 0 Å². The second-order valence-corrected chi connectivity index (χ2v) is 10.1. The second kappa shape index (κ2) is 13.2. The Balaban J connectivity index is 1.56. The normalized spacial score (nSPS) is 15.3. The quantitative estimate of drug-likeness (QED) is 0.354. The number of rotatable bonds is 11. The lowest BCUT2D eigenvalue weighted by atomic mass is 10.1. The lowest BCUT2D eigenvalue weighted by Gasteiger charge is -2.31. The van der Waals surface area contributed by atoms with Gasteiger partial charge in [-0.3, -0.25) is 14.4 Å². The molecule has 0 saturated carbocycles. The van der Waals surface area contributed by atoms with Crippen LogP contribution in [0.15, 0.2) is 66.8 Å². The average Bonchev–Trinajstić information content (AvgIpc) is 3.58. The third-order valence-corrected chi connectivity index (χ3v) is 6.75. The summed E-state index contributed by atoms with van der Waals surface area (Å²) in [4.78, 5) is 49.3. The first-order valence-electron chi connectivity index (χ1n) is 13.4. The van der Waals surface area contributed by atoms with Crippen LogP contribution in [0, 0.1) is 5.82 Å². The highest BCUT2D eigenvalue weighted by Crippen LogP contribution is 2.22. The highest BCUT2D eigenvalue weighted by molar-refractivity contribution is 5.98. The summed E-state index contributed by atoms with van der Waals surface area (Å²) in [6.45, 7) is 1.27. The van der Waals surface area contributed by atoms with E-state index in [1.807, 2.05) is 24.4 Å². The minimum atomic E-state index is -0.317. The third-order valence-electron chi connectivity index (χ3n) is 6.75. The van der Waals surface area contributed by atoms with Gasteiger partial charge in [-0.05, 0) is 56.1 Å². The van der Waals surface area contributed by atoms with Gasteiger partial charge in [0.25, 0.3) is 11.8 Å². The number of fused-ring (bicyclic) bond motifs is 1. The van der Waals surface area contributed by atoms with Crippen LogP contribution in [0.5, 0.6) is 0 Å². The van der Waals surface area contributed by atoms with Gasteiger partial charge in [-0.25, -0.2) is 9.37 Å². The first-order chi connectivity index (χ1) is 19.2. The Labute approximate surface area is 233 Å². The van der Waals surface area contributed by atoms with E-state index in [1.165, 1.54) is 12.1 Å². The molecule has 11 heteroatoms. The van der Waals surface area contributed by atoms with Gasteiger partial charge in [0.05, 0.1) is 6.54 Å². The van der Waals surface area contributed by atoms with Crippen molar-refractivity contribution in [1.29, 1.82) is 0 Å². The number of amides is 3. The van der Waals surface area contributed by atoms with Gasteiger partial charge >= 0.3 is 0 Å². The van der Waals surface area contributed by atoms with Crippen LogP contribution < -0.4 is 10.6 Å². The summed E-state index contributed by atoms with van der Waals surface area (Å²) in [5, 5.41) is 5.50.